The lowest BCUT2D eigenvalue weighted by Crippen LogP contribution is -2.26. The standard InChI is InChI=1S/C52H64N2/c1-5-9-13-17-29-51(30-18-14-10-6-2)47-33-39(37-53)21-25-43(47)45-27-23-41(35-49(45)51)42-24-28-46-44-26-22-40(38-54)34-48(44)52(50(46)36-42,31-19-15-11-7-3)32-20-16-12-8-4/h21-28,33-36H,5-20,29-32H2,1-4H3. The number of nitriles is 2. The molecular weight excluding hydrogens is 653 g/mol. The van der Waals surface area contributed by atoms with E-state index in [1.807, 2.05) is 12.1 Å². The van der Waals surface area contributed by atoms with Crippen molar-refractivity contribution in [1.82, 2.24) is 0 Å². The lowest BCUT2D eigenvalue weighted by atomic mass is 9.69. The Morgan fingerprint density at radius 1 is 0.370 bits per heavy atom. The van der Waals surface area contributed by atoms with Gasteiger partial charge in [-0.3, -0.25) is 0 Å². The van der Waals surface area contributed by atoms with Gasteiger partial charge in [-0.1, -0.05) is 167 Å². The van der Waals surface area contributed by atoms with E-state index in [0.717, 1.165) is 36.8 Å². The van der Waals surface area contributed by atoms with E-state index in [1.165, 1.54) is 158 Å². The van der Waals surface area contributed by atoms with E-state index in [0.29, 0.717) is 0 Å². The highest BCUT2D eigenvalue weighted by Gasteiger charge is 2.44. The van der Waals surface area contributed by atoms with Crippen LogP contribution in [-0.2, 0) is 10.8 Å². The Balaban J connectivity index is 1.48. The van der Waals surface area contributed by atoms with Gasteiger partial charge < -0.3 is 0 Å². The number of rotatable bonds is 21. The lowest BCUT2D eigenvalue weighted by molar-refractivity contribution is 0.400. The Kier molecular flexibility index (Phi) is 13.5. The van der Waals surface area contributed by atoms with Gasteiger partial charge in [0.05, 0.1) is 23.3 Å². The molecule has 2 heteroatoms. The molecule has 0 N–H and O–H groups in total. The van der Waals surface area contributed by atoms with Crippen LogP contribution in [0.1, 0.15) is 189 Å². The minimum absolute atomic E-state index is 0.0714. The van der Waals surface area contributed by atoms with Gasteiger partial charge in [-0.15, -0.1) is 0 Å². The third kappa shape index (κ3) is 7.83. The van der Waals surface area contributed by atoms with Crippen LogP contribution in [-0.4, -0.2) is 0 Å². The first-order chi connectivity index (χ1) is 26.5. The molecule has 2 aliphatic rings. The average molecular weight is 717 g/mol. The molecule has 0 aliphatic heterocycles. The molecule has 0 atom stereocenters. The third-order valence-corrected chi connectivity index (χ3v) is 13.1. The summed E-state index contributed by atoms with van der Waals surface area (Å²) in [7, 11) is 0. The zero-order valence-corrected chi connectivity index (χ0v) is 34.0. The second-order valence-corrected chi connectivity index (χ2v) is 16.7. The predicted octanol–water partition coefficient (Wildman–Crippen LogP) is 15.5. The largest absolute Gasteiger partial charge is 0.192 e. The van der Waals surface area contributed by atoms with Crippen LogP contribution in [0.25, 0.3) is 33.4 Å². The second-order valence-electron chi connectivity index (χ2n) is 16.7. The molecule has 4 aromatic carbocycles. The molecule has 282 valence electrons. The SMILES string of the molecule is CCCCCCC1(CCCCCC)c2cc(C#N)ccc2-c2ccc(-c3ccc4c(c3)C(CCCCCC)(CCCCCC)c3cc(C#N)ccc3-4)cc21. The maximum Gasteiger partial charge on any atom is 0.0991 e. The summed E-state index contributed by atoms with van der Waals surface area (Å²) < 4.78 is 0. The van der Waals surface area contributed by atoms with Crippen molar-refractivity contribution in [3.63, 3.8) is 0 Å². The van der Waals surface area contributed by atoms with Crippen molar-refractivity contribution in [3.05, 3.63) is 106 Å². The molecule has 0 saturated carbocycles. The highest BCUT2D eigenvalue weighted by molar-refractivity contribution is 5.87. The smallest absolute Gasteiger partial charge is 0.0991 e. The quantitative estimate of drug-likeness (QED) is 0.0806. The van der Waals surface area contributed by atoms with Crippen molar-refractivity contribution in [3.8, 4) is 45.5 Å². The van der Waals surface area contributed by atoms with Crippen molar-refractivity contribution >= 4 is 0 Å². The topological polar surface area (TPSA) is 47.6 Å². The summed E-state index contributed by atoms with van der Waals surface area (Å²) in [4.78, 5) is 0. The molecule has 0 amide bonds. The molecule has 2 nitrogen and oxygen atoms in total. The first-order valence-electron chi connectivity index (χ1n) is 21.9. The average Bonchev–Trinajstić information content (AvgIpc) is 3.63. The van der Waals surface area contributed by atoms with Crippen LogP contribution >= 0.6 is 0 Å². The molecule has 0 bridgehead atoms. The minimum Gasteiger partial charge on any atom is -0.192 e. The predicted molar refractivity (Wildman–Crippen MR) is 229 cm³/mol. The normalized spacial score (nSPS) is 14.2. The maximum atomic E-state index is 10.0. The Labute approximate surface area is 328 Å². The lowest BCUT2D eigenvalue weighted by Gasteiger charge is -2.34. The summed E-state index contributed by atoms with van der Waals surface area (Å²) in [6.07, 6.45) is 24.4. The molecular formula is C52H64N2. The summed E-state index contributed by atoms with van der Waals surface area (Å²) in [5.74, 6) is 0. The van der Waals surface area contributed by atoms with Crippen molar-refractivity contribution in [1.29, 1.82) is 10.5 Å². The highest BCUT2D eigenvalue weighted by atomic mass is 14.5. The molecule has 0 heterocycles. The van der Waals surface area contributed by atoms with Gasteiger partial charge in [0, 0.05) is 10.8 Å². The number of nitrogens with zero attached hydrogens (tertiary/aromatic N) is 2. The van der Waals surface area contributed by atoms with Gasteiger partial charge in [-0.25, -0.2) is 0 Å². The van der Waals surface area contributed by atoms with E-state index in [9.17, 15) is 10.5 Å². The summed E-state index contributed by atoms with van der Waals surface area (Å²) in [5, 5.41) is 20.1. The fraction of sp³-hybridized carbons (Fsp3) is 0.500. The molecule has 0 fully saturated rings. The monoisotopic (exact) mass is 717 g/mol. The van der Waals surface area contributed by atoms with E-state index in [1.54, 1.807) is 0 Å². The number of unbranched alkanes of at least 4 members (excludes halogenated alkanes) is 12. The molecule has 0 aromatic heterocycles. The summed E-state index contributed by atoms with van der Waals surface area (Å²) in [5.41, 5.74) is 15.1. The zero-order valence-electron chi connectivity index (χ0n) is 34.0. The Bertz CT molecular complexity index is 1800. The summed E-state index contributed by atoms with van der Waals surface area (Å²) >= 11 is 0. The molecule has 0 saturated heterocycles. The van der Waals surface area contributed by atoms with Crippen molar-refractivity contribution in [2.75, 3.05) is 0 Å². The van der Waals surface area contributed by atoms with Crippen molar-refractivity contribution in [2.45, 2.75) is 167 Å². The fourth-order valence-electron chi connectivity index (χ4n) is 10.2. The van der Waals surface area contributed by atoms with Gasteiger partial charge in [0.15, 0.2) is 0 Å². The van der Waals surface area contributed by atoms with E-state index >= 15 is 0 Å². The first-order valence-corrected chi connectivity index (χ1v) is 21.9. The van der Waals surface area contributed by atoms with Gasteiger partial charge in [0.25, 0.3) is 0 Å². The van der Waals surface area contributed by atoms with E-state index < -0.39 is 0 Å². The Morgan fingerprint density at radius 3 is 0.963 bits per heavy atom. The second kappa shape index (κ2) is 18.5. The van der Waals surface area contributed by atoms with Crippen LogP contribution in [0.2, 0.25) is 0 Å². The van der Waals surface area contributed by atoms with E-state index in [-0.39, 0.29) is 10.8 Å². The van der Waals surface area contributed by atoms with Crippen LogP contribution < -0.4 is 0 Å². The van der Waals surface area contributed by atoms with Crippen molar-refractivity contribution in [2.24, 2.45) is 0 Å². The molecule has 0 unspecified atom stereocenters. The van der Waals surface area contributed by atoms with Gasteiger partial charge in [0.2, 0.25) is 0 Å². The summed E-state index contributed by atoms with van der Waals surface area (Å²) in [6.45, 7) is 9.20. The molecule has 0 radical (unpaired) electrons. The zero-order chi connectivity index (χ0) is 38.0. The van der Waals surface area contributed by atoms with Crippen LogP contribution in [0.3, 0.4) is 0 Å². The third-order valence-electron chi connectivity index (χ3n) is 13.1. The van der Waals surface area contributed by atoms with Crippen LogP contribution in [0.5, 0.6) is 0 Å². The van der Waals surface area contributed by atoms with Gasteiger partial charge in [0.1, 0.15) is 0 Å². The van der Waals surface area contributed by atoms with E-state index in [4.69, 9.17) is 0 Å². The Hall–Kier alpha value is -4.14. The fourth-order valence-corrected chi connectivity index (χ4v) is 10.2. The summed E-state index contributed by atoms with van der Waals surface area (Å²) in [6, 6.07) is 32.6. The van der Waals surface area contributed by atoms with Crippen LogP contribution in [0.4, 0.5) is 0 Å². The first kappa shape index (κ1) is 39.6. The van der Waals surface area contributed by atoms with Gasteiger partial charge >= 0.3 is 0 Å². The number of hydrogen-bond acceptors (Lipinski definition) is 2. The molecule has 54 heavy (non-hydrogen) atoms. The van der Waals surface area contributed by atoms with Gasteiger partial charge in [-0.05, 0) is 118 Å². The van der Waals surface area contributed by atoms with Crippen LogP contribution in [0.15, 0.2) is 72.8 Å². The molecule has 0 spiro atoms. The highest BCUT2D eigenvalue weighted by Crippen LogP contribution is 2.57. The number of fused-ring (bicyclic) bond motifs is 6. The maximum absolute atomic E-state index is 10.0. The molecule has 4 aromatic rings. The number of benzene rings is 4. The van der Waals surface area contributed by atoms with Gasteiger partial charge in [-0.2, -0.15) is 10.5 Å². The Morgan fingerprint density at radius 2 is 0.667 bits per heavy atom. The molecule has 6 rings (SSSR count). The molecule has 2 aliphatic carbocycles. The van der Waals surface area contributed by atoms with Crippen molar-refractivity contribution < 1.29 is 0 Å². The van der Waals surface area contributed by atoms with E-state index in [2.05, 4.69) is 100 Å². The number of hydrogen-bond donors (Lipinski definition) is 0. The minimum atomic E-state index is -0.0714. The van der Waals surface area contributed by atoms with Crippen LogP contribution in [0, 0.1) is 22.7 Å².